The van der Waals surface area contributed by atoms with E-state index in [4.69, 9.17) is 9.47 Å². The molecule has 168 valence electrons. The van der Waals surface area contributed by atoms with Crippen LogP contribution in [0.5, 0.6) is 5.75 Å². The van der Waals surface area contributed by atoms with Gasteiger partial charge in [-0.3, -0.25) is 9.59 Å². The number of amides is 2. The molecule has 0 atom stereocenters. The molecule has 0 spiro atoms. The van der Waals surface area contributed by atoms with Gasteiger partial charge in [-0.1, -0.05) is 26.0 Å². The third-order valence-corrected chi connectivity index (χ3v) is 4.55. The Labute approximate surface area is 184 Å². The molecule has 0 aliphatic carbocycles. The average Bonchev–Trinajstić information content (AvgIpc) is 2.91. The Morgan fingerprint density at radius 1 is 1.13 bits per heavy atom. The van der Waals surface area contributed by atoms with Crippen LogP contribution in [0.1, 0.15) is 47.1 Å². The van der Waals surface area contributed by atoms with Crippen LogP contribution in [0.15, 0.2) is 41.1 Å². The number of ether oxygens (including phenoxy) is 2. The summed E-state index contributed by atoms with van der Waals surface area (Å²) in [7, 11) is 0. The summed E-state index contributed by atoms with van der Waals surface area (Å²) in [6.45, 7) is 12.0. The van der Waals surface area contributed by atoms with E-state index in [0.29, 0.717) is 29.1 Å². The van der Waals surface area contributed by atoms with Crippen molar-refractivity contribution in [2.75, 3.05) is 19.8 Å². The minimum atomic E-state index is -0.498. The lowest BCUT2D eigenvalue weighted by Gasteiger charge is -2.19. The van der Waals surface area contributed by atoms with E-state index in [1.807, 2.05) is 27.7 Å². The van der Waals surface area contributed by atoms with E-state index in [1.165, 1.54) is 0 Å². The quantitative estimate of drug-likeness (QED) is 0.482. The van der Waals surface area contributed by atoms with Crippen LogP contribution >= 0.6 is 0 Å². The molecular weight excluding hydrogens is 396 g/mol. The van der Waals surface area contributed by atoms with Crippen molar-refractivity contribution in [1.29, 1.82) is 0 Å². The summed E-state index contributed by atoms with van der Waals surface area (Å²) in [5.74, 6) is -0.104. The van der Waals surface area contributed by atoms with E-state index in [-0.39, 0.29) is 37.0 Å². The SMILES string of the molecule is CCOC(=O)C1=C(C)N(CC(C)C)C(=O)/C1=C\c1ccc(OCC(=O)NC(C)C)cc1. The van der Waals surface area contributed by atoms with E-state index in [2.05, 4.69) is 5.32 Å². The van der Waals surface area contributed by atoms with Crippen molar-refractivity contribution in [2.45, 2.75) is 47.6 Å². The first-order valence-corrected chi connectivity index (χ1v) is 10.6. The van der Waals surface area contributed by atoms with Gasteiger partial charge >= 0.3 is 5.97 Å². The molecule has 1 aliphatic heterocycles. The topological polar surface area (TPSA) is 84.9 Å². The molecule has 31 heavy (non-hydrogen) atoms. The van der Waals surface area contributed by atoms with Gasteiger partial charge in [0.25, 0.3) is 11.8 Å². The molecule has 0 unspecified atom stereocenters. The molecule has 0 saturated heterocycles. The van der Waals surface area contributed by atoms with Crippen molar-refractivity contribution < 1.29 is 23.9 Å². The van der Waals surface area contributed by atoms with Gasteiger partial charge in [-0.05, 0) is 57.4 Å². The standard InChI is InChI=1S/C24H32N2O5/c1-7-30-24(29)22-17(6)26(13-15(2)3)23(28)20(22)12-18-8-10-19(11-9-18)31-14-21(27)25-16(4)5/h8-12,15-16H,7,13-14H2,1-6H3,(H,25,27)/b20-12-. The number of nitrogens with zero attached hydrogens (tertiary/aromatic N) is 1. The lowest BCUT2D eigenvalue weighted by molar-refractivity contribution is -0.138. The van der Waals surface area contributed by atoms with Crippen LogP contribution in [-0.4, -0.2) is 48.5 Å². The van der Waals surface area contributed by atoms with Crippen LogP contribution in [0.25, 0.3) is 6.08 Å². The summed E-state index contributed by atoms with van der Waals surface area (Å²) in [5.41, 5.74) is 1.97. The lowest BCUT2D eigenvalue weighted by atomic mass is 10.0. The predicted molar refractivity (Wildman–Crippen MR) is 119 cm³/mol. The molecule has 0 aromatic heterocycles. The second-order valence-corrected chi connectivity index (χ2v) is 8.13. The number of benzene rings is 1. The molecule has 1 aliphatic rings. The van der Waals surface area contributed by atoms with Crippen molar-refractivity contribution >= 4 is 23.9 Å². The normalized spacial score (nSPS) is 15.3. The summed E-state index contributed by atoms with van der Waals surface area (Å²) in [6.07, 6.45) is 1.69. The van der Waals surface area contributed by atoms with Gasteiger partial charge in [-0.15, -0.1) is 0 Å². The van der Waals surface area contributed by atoms with Gasteiger partial charge in [-0.2, -0.15) is 0 Å². The second-order valence-electron chi connectivity index (χ2n) is 8.13. The van der Waals surface area contributed by atoms with E-state index in [1.54, 1.807) is 49.1 Å². The highest BCUT2D eigenvalue weighted by Gasteiger charge is 2.37. The first-order chi connectivity index (χ1) is 14.6. The maximum Gasteiger partial charge on any atom is 0.340 e. The first kappa shape index (κ1) is 24.2. The Kier molecular flexibility index (Phi) is 8.42. The van der Waals surface area contributed by atoms with Crippen molar-refractivity contribution in [1.82, 2.24) is 10.2 Å². The zero-order chi connectivity index (χ0) is 23.1. The van der Waals surface area contributed by atoms with Crippen molar-refractivity contribution in [3.05, 3.63) is 46.7 Å². The first-order valence-electron chi connectivity index (χ1n) is 10.6. The minimum Gasteiger partial charge on any atom is -0.484 e. The molecule has 2 amide bonds. The number of esters is 1. The van der Waals surface area contributed by atoms with E-state index in [9.17, 15) is 14.4 Å². The van der Waals surface area contributed by atoms with Gasteiger partial charge in [0.2, 0.25) is 0 Å². The summed E-state index contributed by atoms with van der Waals surface area (Å²) < 4.78 is 10.7. The monoisotopic (exact) mass is 428 g/mol. The summed E-state index contributed by atoms with van der Waals surface area (Å²) in [6, 6.07) is 7.05. The minimum absolute atomic E-state index is 0.0504. The van der Waals surface area contributed by atoms with Gasteiger partial charge in [0, 0.05) is 18.3 Å². The second kappa shape index (κ2) is 10.8. The highest BCUT2D eigenvalue weighted by Crippen LogP contribution is 2.32. The lowest BCUT2D eigenvalue weighted by Crippen LogP contribution is -2.34. The fourth-order valence-electron chi connectivity index (χ4n) is 3.25. The zero-order valence-electron chi connectivity index (χ0n) is 19.2. The van der Waals surface area contributed by atoms with Crippen molar-refractivity contribution in [3.8, 4) is 5.75 Å². The van der Waals surface area contributed by atoms with E-state index < -0.39 is 5.97 Å². The number of nitrogens with one attached hydrogen (secondary N) is 1. The Balaban J connectivity index is 2.24. The fourth-order valence-corrected chi connectivity index (χ4v) is 3.25. The third-order valence-electron chi connectivity index (χ3n) is 4.55. The van der Waals surface area contributed by atoms with E-state index >= 15 is 0 Å². The van der Waals surface area contributed by atoms with Gasteiger partial charge in [0.15, 0.2) is 6.61 Å². The number of rotatable bonds is 9. The van der Waals surface area contributed by atoms with Gasteiger partial charge in [0.1, 0.15) is 5.75 Å². The molecule has 1 aromatic carbocycles. The maximum atomic E-state index is 13.0. The van der Waals surface area contributed by atoms with Crippen LogP contribution in [0.3, 0.4) is 0 Å². The molecule has 0 fully saturated rings. The van der Waals surface area contributed by atoms with Crippen molar-refractivity contribution in [3.63, 3.8) is 0 Å². The summed E-state index contributed by atoms with van der Waals surface area (Å²) in [4.78, 5) is 38.9. The average molecular weight is 429 g/mol. The Bertz CT molecular complexity index is 882. The fraction of sp³-hybridized carbons (Fsp3) is 0.458. The van der Waals surface area contributed by atoms with Crippen molar-refractivity contribution in [2.24, 2.45) is 5.92 Å². The van der Waals surface area contributed by atoms with Gasteiger partial charge in [0.05, 0.1) is 17.8 Å². The zero-order valence-corrected chi connectivity index (χ0v) is 19.2. The summed E-state index contributed by atoms with van der Waals surface area (Å²) >= 11 is 0. The molecule has 2 rings (SSSR count). The smallest absolute Gasteiger partial charge is 0.340 e. The molecule has 7 heteroatoms. The number of hydrogen-bond acceptors (Lipinski definition) is 5. The Hall–Kier alpha value is -3.09. The van der Waals surface area contributed by atoms with Gasteiger partial charge < -0.3 is 19.7 Å². The molecule has 1 aromatic rings. The van der Waals surface area contributed by atoms with Crippen LogP contribution in [0.2, 0.25) is 0 Å². The number of allylic oxidation sites excluding steroid dienone is 1. The molecule has 1 N–H and O–H groups in total. The molecule has 0 saturated carbocycles. The van der Waals surface area contributed by atoms with Crippen LogP contribution in [0, 0.1) is 5.92 Å². The Morgan fingerprint density at radius 2 is 1.77 bits per heavy atom. The molecule has 0 radical (unpaired) electrons. The van der Waals surface area contributed by atoms with Crippen LogP contribution in [-0.2, 0) is 19.1 Å². The Morgan fingerprint density at radius 3 is 2.32 bits per heavy atom. The summed E-state index contributed by atoms with van der Waals surface area (Å²) in [5, 5.41) is 2.76. The number of hydrogen-bond donors (Lipinski definition) is 1. The molecule has 0 bridgehead atoms. The van der Waals surface area contributed by atoms with E-state index in [0.717, 1.165) is 5.56 Å². The van der Waals surface area contributed by atoms with Crippen LogP contribution < -0.4 is 10.1 Å². The predicted octanol–water partition coefficient (Wildman–Crippen LogP) is 3.31. The number of carbonyl (C=O) groups excluding carboxylic acids is 3. The third kappa shape index (κ3) is 6.44. The maximum absolute atomic E-state index is 13.0. The highest BCUT2D eigenvalue weighted by molar-refractivity contribution is 6.16. The molecule has 7 nitrogen and oxygen atoms in total. The highest BCUT2D eigenvalue weighted by atomic mass is 16.5. The van der Waals surface area contributed by atoms with Gasteiger partial charge in [-0.25, -0.2) is 4.79 Å². The number of carbonyl (C=O) groups is 3. The van der Waals surface area contributed by atoms with Crippen LogP contribution in [0.4, 0.5) is 0 Å². The molecule has 1 heterocycles. The largest absolute Gasteiger partial charge is 0.484 e. The molecular formula is C24H32N2O5.